The number of aryl methyl sites for hydroxylation is 1. The third-order valence-electron chi connectivity index (χ3n) is 4.42. The van der Waals surface area contributed by atoms with Crippen LogP contribution in [0.15, 0.2) is 57.3 Å². The van der Waals surface area contributed by atoms with E-state index >= 15 is 0 Å². The molecule has 0 bridgehead atoms. The highest BCUT2D eigenvalue weighted by molar-refractivity contribution is 7.17. The average molecular weight is 380 g/mol. The monoisotopic (exact) mass is 380 g/mol. The van der Waals surface area contributed by atoms with Crippen molar-refractivity contribution in [2.24, 2.45) is 0 Å². The quantitative estimate of drug-likeness (QED) is 0.565. The number of rotatable bonds is 5. The molecule has 0 spiro atoms. The number of carboxylic acid groups (broad SMARTS) is 1. The summed E-state index contributed by atoms with van der Waals surface area (Å²) in [6.07, 6.45) is 2.20. The van der Waals surface area contributed by atoms with Gasteiger partial charge in [-0.15, -0.1) is 11.3 Å². The van der Waals surface area contributed by atoms with Gasteiger partial charge >= 0.3 is 5.97 Å². The molecule has 136 valence electrons. The first-order valence-electron chi connectivity index (χ1n) is 8.45. The lowest BCUT2D eigenvalue weighted by atomic mass is 10.1. The summed E-state index contributed by atoms with van der Waals surface area (Å²) >= 11 is 1.43. The van der Waals surface area contributed by atoms with Gasteiger partial charge in [-0.2, -0.15) is 0 Å². The van der Waals surface area contributed by atoms with Crippen molar-refractivity contribution in [2.45, 2.75) is 19.9 Å². The summed E-state index contributed by atoms with van der Waals surface area (Å²) in [4.78, 5) is 29.6. The Hall–Kier alpha value is -3.19. The van der Waals surface area contributed by atoms with E-state index in [1.165, 1.54) is 11.3 Å². The van der Waals surface area contributed by atoms with Gasteiger partial charge in [-0.05, 0) is 29.8 Å². The van der Waals surface area contributed by atoms with Crippen LogP contribution in [0.3, 0.4) is 0 Å². The van der Waals surface area contributed by atoms with Gasteiger partial charge in [-0.3, -0.25) is 9.36 Å². The van der Waals surface area contributed by atoms with Crippen molar-refractivity contribution in [3.8, 4) is 11.3 Å². The van der Waals surface area contributed by atoms with E-state index in [2.05, 4.69) is 4.98 Å². The van der Waals surface area contributed by atoms with Crippen molar-refractivity contribution in [3.05, 3.63) is 75.3 Å². The molecule has 0 aliphatic carbocycles. The molecule has 1 N–H and O–H groups in total. The molecule has 0 fully saturated rings. The first kappa shape index (κ1) is 17.2. The van der Waals surface area contributed by atoms with Crippen molar-refractivity contribution in [1.82, 2.24) is 9.55 Å². The maximum Gasteiger partial charge on any atom is 0.335 e. The molecule has 3 heterocycles. The zero-order valence-electron chi connectivity index (χ0n) is 14.5. The Morgan fingerprint density at radius 3 is 2.67 bits per heavy atom. The molecule has 0 aliphatic rings. The number of fused-ring (bicyclic) bond motifs is 1. The minimum absolute atomic E-state index is 0.119. The number of hydrogen-bond donors (Lipinski definition) is 1. The SMILES string of the molecule is CCc1nc2scc(-c3ccco3)c2c(=O)n1Cc1ccc(C(=O)O)cc1. The van der Waals surface area contributed by atoms with Crippen LogP contribution >= 0.6 is 11.3 Å². The maximum absolute atomic E-state index is 13.3. The molecule has 0 amide bonds. The molecule has 4 rings (SSSR count). The number of carboxylic acids is 1. The molecule has 0 unspecified atom stereocenters. The van der Waals surface area contributed by atoms with Gasteiger partial charge in [0.15, 0.2) is 0 Å². The summed E-state index contributed by atoms with van der Waals surface area (Å²) in [5, 5.41) is 11.5. The standard InChI is InChI=1S/C20H16N2O4S/c1-2-16-21-18-17(14(11-27-18)15-4-3-9-26-15)19(23)22(16)10-12-5-7-13(8-6-12)20(24)25/h3-9,11H,2,10H2,1H3,(H,24,25). The van der Waals surface area contributed by atoms with Crippen LogP contribution in [0, 0.1) is 0 Å². The molecule has 1 aromatic carbocycles. The number of hydrogen-bond acceptors (Lipinski definition) is 5. The number of thiophene rings is 1. The van der Waals surface area contributed by atoms with Crippen LogP contribution in [0.25, 0.3) is 21.5 Å². The summed E-state index contributed by atoms with van der Waals surface area (Å²) in [7, 11) is 0. The topological polar surface area (TPSA) is 85.3 Å². The summed E-state index contributed by atoms with van der Waals surface area (Å²) in [6.45, 7) is 2.29. The molecule has 4 aromatic rings. The molecule has 0 atom stereocenters. The van der Waals surface area contributed by atoms with E-state index in [4.69, 9.17) is 9.52 Å². The van der Waals surface area contributed by atoms with Gasteiger partial charge in [0.25, 0.3) is 5.56 Å². The van der Waals surface area contributed by atoms with E-state index in [1.807, 2.05) is 18.4 Å². The van der Waals surface area contributed by atoms with E-state index in [0.29, 0.717) is 34.8 Å². The molecule has 0 saturated heterocycles. The van der Waals surface area contributed by atoms with Crippen molar-refractivity contribution in [3.63, 3.8) is 0 Å². The Balaban J connectivity index is 1.84. The Bertz CT molecular complexity index is 1170. The smallest absolute Gasteiger partial charge is 0.335 e. The predicted molar refractivity (Wildman–Crippen MR) is 103 cm³/mol. The number of carbonyl (C=O) groups is 1. The van der Waals surface area contributed by atoms with Crippen molar-refractivity contribution in [2.75, 3.05) is 0 Å². The second kappa shape index (κ2) is 6.85. The summed E-state index contributed by atoms with van der Waals surface area (Å²) in [5.74, 6) is 0.363. The zero-order chi connectivity index (χ0) is 19.0. The highest BCUT2D eigenvalue weighted by atomic mass is 32.1. The third-order valence-corrected chi connectivity index (χ3v) is 5.29. The van der Waals surface area contributed by atoms with E-state index in [1.54, 1.807) is 41.2 Å². The largest absolute Gasteiger partial charge is 0.478 e. The van der Waals surface area contributed by atoms with Gasteiger partial charge in [0.1, 0.15) is 16.4 Å². The summed E-state index contributed by atoms with van der Waals surface area (Å²) in [5.41, 5.74) is 1.68. The summed E-state index contributed by atoms with van der Waals surface area (Å²) < 4.78 is 7.12. The second-order valence-corrected chi connectivity index (χ2v) is 6.94. The molecule has 0 aliphatic heterocycles. The summed E-state index contributed by atoms with van der Waals surface area (Å²) in [6, 6.07) is 10.1. The van der Waals surface area contributed by atoms with Gasteiger partial charge in [-0.1, -0.05) is 19.1 Å². The number of nitrogens with zero attached hydrogens (tertiary/aromatic N) is 2. The van der Waals surface area contributed by atoms with E-state index in [-0.39, 0.29) is 11.1 Å². The number of aromatic nitrogens is 2. The van der Waals surface area contributed by atoms with Gasteiger partial charge in [0.2, 0.25) is 0 Å². The molecular formula is C20H16N2O4S. The van der Waals surface area contributed by atoms with E-state index < -0.39 is 5.97 Å². The molecule has 6 nitrogen and oxygen atoms in total. The van der Waals surface area contributed by atoms with Crippen molar-refractivity contribution < 1.29 is 14.3 Å². The van der Waals surface area contributed by atoms with Crippen molar-refractivity contribution >= 4 is 27.5 Å². The molecule has 0 radical (unpaired) electrons. The lowest BCUT2D eigenvalue weighted by molar-refractivity contribution is 0.0697. The van der Waals surface area contributed by atoms with Gasteiger partial charge in [0, 0.05) is 17.4 Å². The van der Waals surface area contributed by atoms with Crippen LogP contribution in [-0.4, -0.2) is 20.6 Å². The third kappa shape index (κ3) is 3.06. The number of benzene rings is 1. The Morgan fingerprint density at radius 2 is 2.04 bits per heavy atom. The molecule has 3 aromatic heterocycles. The molecule has 0 saturated carbocycles. The van der Waals surface area contributed by atoms with Crippen LogP contribution in [-0.2, 0) is 13.0 Å². The molecule has 7 heteroatoms. The van der Waals surface area contributed by atoms with Gasteiger partial charge < -0.3 is 9.52 Å². The van der Waals surface area contributed by atoms with Crippen LogP contribution in [0.1, 0.15) is 28.7 Å². The molecular weight excluding hydrogens is 364 g/mol. The van der Waals surface area contributed by atoms with E-state index in [0.717, 1.165) is 11.1 Å². The first-order chi connectivity index (χ1) is 13.1. The zero-order valence-corrected chi connectivity index (χ0v) is 15.3. The lowest BCUT2D eigenvalue weighted by Crippen LogP contribution is -2.25. The second-order valence-electron chi connectivity index (χ2n) is 6.08. The first-order valence-corrected chi connectivity index (χ1v) is 9.33. The highest BCUT2D eigenvalue weighted by Gasteiger charge is 2.18. The highest BCUT2D eigenvalue weighted by Crippen LogP contribution is 2.31. The van der Waals surface area contributed by atoms with Crippen molar-refractivity contribution in [1.29, 1.82) is 0 Å². The minimum Gasteiger partial charge on any atom is -0.478 e. The Labute approximate surface area is 158 Å². The van der Waals surface area contributed by atoms with Crippen LogP contribution < -0.4 is 5.56 Å². The fraction of sp³-hybridized carbons (Fsp3) is 0.150. The Kier molecular flexibility index (Phi) is 4.37. The van der Waals surface area contributed by atoms with Gasteiger partial charge in [0.05, 0.1) is 23.8 Å². The van der Waals surface area contributed by atoms with Gasteiger partial charge in [-0.25, -0.2) is 9.78 Å². The number of aromatic carboxylic acids is 1. The minimum atomic E-state index is -0.975. The van der Waals surface area contributed by atoms with Crippen LogP contribution in [0.5, 0.6) is 0 Å². The van der Waals surface area contributed by atoms with Crippen LogP contribution in [0.2, 0.25) is 0 Å². The van der Waals surface area contributed by atoms with E-state index in [9.17, 15) is 9.59 Å². The van der Waals surface area contributed by atoms with Crippen LogP contribution in [0.4, 0.5) is 0 Å². The fourth-order valence-corrected chi connectivity index (χ4v) is 3.98. The number of furan rings is 1. The normalized spacial score (nSPS) is 11.1. The maximum atomic E-state index is 13.3. The molecule has 27 heavy (non-hydrogen) atoms. The lowest BCUT2D eigenvalue weighted by Gasteiger charge is -2.12. The fourth-order valence-electron chi connectivity index (χ4n) is 3.05. The average Bonchev–Trinajstić information content (AvgIpc) is 3.33. The Morgan fingerprint density at radius 1 is 1.26 bits per heavy atom. The predicted octanol–water partition coefficient (Wildman–Crippen LogP) is 4.03.